The Hall–Kier alpha value is -2.97. The maximum absolute atomic E-state index is 10.7. The lowest BCUT2D eigenvalue weighted by molar-refractivity contribution is -0.0980. The first-order chi connectivity index (χ1) is 13.7. The smallest absolute Gasteiger partial charge is 0.150 e. The van der Waals surface area contributed by atoms with Crippen LogP contribution >= 0.6 is 0 Å². The van der Waals surface area contributed by atoms with Gasteiger partial charge in [-0.2, -0.15) is 0 Å². The van der Waals surface area contributed by atoms with Crippen LogP contribution in [-0.4, -0.2) is 26.1 Å². The fourth-order valence-electron chi connectivity index (χ4n) is 2.40. The maximum Gasteiger partial charge on any atom is 0.150 e. The van der Waals surface area contributed by atoms with Gasteiger partial charge < -0.3 is 10.1 Å². The summed E-state index contributed by atoms with van der Waals surface area (Å²) >= 11 is 0. The molecule has 0 spiro atoms. The Balaban J connectivity index is -0.000000416. The molecule has 1 aromatic carbocycles. The number of allylic oxidation sites excluding steroid dienone is 6. The van der Waals surface area contributed by atoms with Crippen LogP contribution in [0.2, 0.25) is 0 Å². The van der Waals surface area contributed by atoms with Gasteiger partial charge in [-0.1, -0.05) is 49.4 Å². The minimum Gasteiger partial charge on any atom is -0.388 e. The van der Waals surface area contributed by atoms with Gasteiger partial charge in [0.05, 0.1) is 0 Å². The van der Waals surface area contributed by atoms with Crippen LogP contribution in [0.5, 0.6) is 0 Å². The van der Waals surface area contributed by atoms with Crippen molar-refractivity contribution < 1.29 is 15.8 Å². The molecular formula is C24H35NO3. The van der Waals surface area contributed by atoms with E-state index in [9.17, 15) is 9.59 Å². The van der Waals surface area contributed by atoms with Gasteiger partial charge in [0.15, 0.2) is 0 Å². The highest BCUT2D eigenvalue weighted by molar-refractivity contribution is 5.81. The Kier molecular flexibility index (Phi) is 19.8. The number of hydrogen-bond acceptors (Lipinski definition) is 4. The second kappa shape index (κ2) is 20.3. The zero-order chi connectivity index (χ0) is 21.6. The van der Waals surface area contributed by atoms with Crippen LogP contribution in [-0.2, 0) is 16.0 Å². The molecule has 0 aliphatic heterocycles. The molecule has 0 saturated carbocycles. The predicted octanol–water partition coefficient (Wildman–Crippen LogP) is 5.64. The van der Waals surface area contributed by atoms with Gasteiger partial charge in [0.1, 0.15) is 19.0 Å². The molecule has 1 aromatic rings. The lowest BCUT2D eigenvalue weighted by Crippen LogP contribution is -1.98. The molecule has 0 aliphatic rings. The summed E-state index contributed by atoms with van der Waals surface area (Å²) in [6.07, 6.45) is 16.3. The van der Waals surface area contributed by atoms with Crippen LogP contribution in [0, 0.1) is 5.92 Å². The van der Waals surface area contributed by atoms with Crippen LogP contribution in [0.1, 0.15) is 50.5 Å². The van der Waals surface area contributed by atoms with E-state index < -0.39 is 0 Å². The molecule has 1 unspecified atom stereocenters. The second-order valence-corrected chi connectivity index (χ2v) is 5.70. The summed E-state index contributed by atoms with van der Waals surface area (Å²) in [6, 6.07) is 5.63. The number of rotatable bonds is 10. The summed E-state index contributed by atoms with van der Waals surface area (Å²) in [5.74, 6) is 2.18. The third-order valence-corrected chi connectivity index (χ3v) is 3.78. The molecule has 0 saturated heterocycles. The Bertz CT molecular complexity index is 662. The first-order valence-electron chi connectivity index (χ1n) is 9.30. The highest BCUT2D eigenvalue weighted by atomic mass is 16.1. The fraction of sp³-hybridized carbons (Fsp3) is 0.333. The highest BCUT2D eigenvalue weighted by Crippen LogP contribution is 2.19. The molecular weight excluding hydrogens is 350 g/mol. The number of anilines is 1. The van der Waals surface area contributed by atoms with Gasteiger partial charge in [-0.25, -0.2) is 4.79 Å². The molecule has 28 heavy (non-hydrogen) atoms. The van der Waals surface area contributed by atoms with Gasteiger partial charge in [0, 0.05) is 25.8 Å². The van der Waals surface area contributed by atoms with Crippen molar-refractivity contribution >= 4 is 24.7 Å². The number of aldehydes is 1. The van der Waals surface area contributed by atoms with Gasteiger partial charge in [-0.15, -0.1) is 6.58 Å². The summed E-state index contributed by atoms with van der Waals surface area (Å²) in [5.41, 5.74) is 2.73. The van der Waals surface area contributed by atoms with Gasteiger partial charge in [-0.05, 0) is 50.2 Å². The van der Waals surface area contributed by atoms with E-state index in [1.807, 2.05) is 51.0 Å². The van der Waals surface area contributed by atoms with Crippen molar-refractivity contribution in [3.63, 3.8) is 0 Å². The average molecular weight is 386 g/mol. The topological polar surface area (TPSA) is 63.2 Å². The zero-order valence-corrected chi connectivity index (χ0v) is 17.3. The lowest BCUT2D eigenvalue weighted by Gasteiger charge is -2.08. The molecule has 1 atom stereocenters. The first kappa shape index (κ1) is 27.3. The quantitative estimate of drug-likeness (QED) is 0.321. The Morgan fingerprint density at radius 1 is 1.21 bits per heavy atom. The lowest BCUT2D eigenvalue weighted by atomic mass is 10.0. The standard InChI is InChI=1S/C12H18O.C11H13NO.CH2O.H2/c1-3-5-7-9-12(10-11-13)8-6-4-2;1-3-5-10-9(8-13)6-4-7-11(10)12-2;1-2;/h4-7,10,12H,3,8-9H2,1-2H3;3-4,6-8,12H,1,5H2,2H3;1H2;1H/b6-4-,7-5-;;;. The molecule has 0 bridgehead atoms. The molecule has 154 valence electrons. The number of nitrogens with one attached hydrogen (secondary N) is 1. The van der Waals surface area contributed by atoms with Crippen LogP contribution in [0.15, 0.2) is 61.2 Å². The monoisotopic (exact) mass is 385 g/mol. The van der Waals surface area contributed by atoms with Crippen molar-refractivity contribution in [2.45, 2.75) is 39.5 Å². The number of carbonyl (C=O) groups is 2. The van der Waals surface area contributed by atoms with Crippen molar-refractivity contribution in [3.05, 3.63) is 72.4 Å². The molecule has 0 aliphatic carbocycles. The minimum atomic E-state index is 0. The molecule has 1 rings (SSSR count). The van der Waals surface area contributed by atoms with E-state index in [1.54, 1.807) is 12.2 Å². The summed E-state index contributed by atoms with van der Waals surface area (Å²) in [7, 11) is 1.84. The van der Waals surface area contributed by atoms with Crippen molar-refractivity contribution in [1.29, 1.82) is 0 Å². The molecule has 1 N–H and O–H groups in total. The first-order valence-corrected chi connectivity index (χ1v) is 9.30. The van der Waals surface area contributed by atoms with Crippen molar-refractivity contribution in [1.82, 2.24) is 0 Å². The van der Waals surface area contributed by atoms with E-state index in [0.717, 1.165) is 42.4 Å². The van der Waals surface area contributed by atoms with Gasteiger partial charge in [0.2, 0.25) is 0 Å². The molecule has 0 fully saturated rings. The Morgan fingerprint density at radius 2 is 1.89 bits per heavy atom. The van der Waals surface area contributed by atoms with E-state index in [2.05, 4.69) is 37.0 Å². The summed E-state index contributed by atoms with van der Waals surface area (Å²) < 4.78 is 0. The predicted molar refractivity (Wildman–Crippen MR) is 122 cm³/mol. The number of benzene rings is 1. The van der Waals surface area contributed by atoms with Crippen molar-refractivity contribution in [3.8, 4) is 0 Å². The van der Waals surface area contributed by atoms with Crippen LogP contribution in [0.25, 0.3) is 0 Å². The minimum absolute atomic E-state index is 0. The van der Waals surface area contributed by atoms with Gasteiger partial charge in [-0.3, -0.25) is 4.79 Å². The third kappa shape index (κ3) is 12.4. The van der Waals surface area contributed by atoms with E-state index in [-0.39, 0.29) is 1.43 Å². The summed E-state index contributed by atoms with van der Waals surface area (Å²) in [6.45, 7) is 9.76. The van der Waals surface area contributed by atoms with Crippen molar-refractivity contribution in [2.24, 2.45) is 5.92 Å². The normalized spacial score (nSPS) is 10.7. The summed E-state index contributed by atoms with van der Waals surface area (Å²) in [5, 5.41) is 3.05. The maximum atomic E-state index is 10.7. The van der Waals surface area contributed by atoms with Crippen LogP contribution in [0.4, 0.5) is 5.69 Å². The largest absolute Gasteiger partial charge is 0.388 e. The average Bonchev–Trinajstić information content (AvgIpc) is 2.74. The summed E-state index contributed by atoms with van der Waals surface area (Å²) in [4.78, 5) is 28.9. The molecule has 0 aromatic heterocycles. The molecule has 4 nitrogen and oxygen atoms in total. The fourth-order valence-corrected chi connectivity index (χ4v) is 2.40. The van der Waals surface area contributed by atoms with E-state index >= 15 is 0 Å². The SMILES string of the molecule is C/C=C\CC(C=C=O)C/C=C\CC.C=CCc1c(C=O)cccc1NC.C=O.[HH]. The number of carbonyl (C=O) groups excluding carboxylic acids is 3. The Labute approximate surface area is 171 Å². The van der Waals surface area contributed by atoms with E-state index in [4.69, 9.17) is 4.79 Å². The second-order valence-electron chi connectivity index (χ2n) is 5.70. The third-order valence-electron chi connectivity index (χ3n) is 3.78. The van der Waals surface area contributed by atoms with E-state index in [1.165, 1.54) is 0 Å². The van der Waals surface area contributed by atoms with E-state index in [0.29, 0.717) is 12.3 Å². The molecule has 0 radical (unpaired) electrons. The molecule has 0 heterocycles. The van der Waals surface area contributed by atoms with Crippen LogP contribution in [0.3, 0.4) is 0 Å². The Morgan fingerprint density at radius 3 is 2.39 bits per heavy atom. The van der Waals surface area contributed by atoms with Crippen molar-refractivity contribution in [2.75, 3.05) is 12.4 Å². The highest BCUT2D eigenvalue weighted by Gasteiger charge is 2.04. The van der Waals surface area contributed by atoms with Gasteiger partial charge in [0.25, 0.3) is 0 Å². The zero-order valence-electron chi connectivity index (χ0n) is 17.3. The van der Waals surface area contributed by atoms with Gasteiger partial charge >= 0.3 is 0 Å². The van der Waals surface area contributed by atoms with Crippen LogP contribution < -0.4 is 5.32 Å². The molecule has 4 heteroatoms. The molecule has 0 amide bonds. The number of hydrogen-bond donors (Lipinski definition) is 1.